The molecule has 2 atom stereocenters. The van der Waals surface area contributed by atoms with Gasteiger partial charge in [0.15, 0.2) is 0 Å². The van der Waals surface area contributed by atoms with Crippen molar-refractivity contribution >= 4 is 12.1 Å². The lowest BCUT2D eigenvalue weighted by Gasteiger charge is -2.33. The average Bonchev–Trinajstić information content (AvgIpc) is 2.51. The van der Waals surface area contributed by atoms with Crippen LogP contribution in [0.3, 0.4) is 0 Å². The molecule has 0 aromatic rings. The molecular weight excluding hydrogens is 238 g/mol. The monoisotopic (exact) mass is 259 g/mol. The molecule has 6 heteroatoms. The molecule has 0 aliphatic carbocycles. The van der Waals surface area contributed by atoms with E-state index in [-0.39, 0.29) is 13.0 Å². The Morgan fingerprint density at radius 1 is 1.39 bits per heavy atom. The number of aliphatic hydroxyl groups is 1. The van der Waals surface area contributed by atoms with Crippen LogP contribution in [-0.2, 0) is 14.3 Å². The highest BCUT2D eigenvalue weighted by Gasteiger charge is 2.51. The fourth-order valence-corrected chi connectivity index (χ4v) is 2.05. The molecular formula is C12H21NO5. The lowest BCUT2D eigenvalue weighted by Crippen LogP contribution is -2.52. The van der Waals surface area contributed by atoms with Crippen LogP contribution in [-0.4, -0.2) is 53.0 Å². The van der Waals surface area contributed by atoms with Crippen molar-refractivity contribution in [1.82, 2.24) is 4.90 Å². The number of amides is 1. The number of ether oxygens (including phenoxy) is 2. The summed E-state index contributed by atoms with van der Waals surface area (Å²) in [5.41, 5.74) is -1.82. The van der Waals surface area contributed by atoms with Crippen molar-refractivity contribution in [3.63, 3.8) is 0 Å². The van der Waals surface area contributed by atoms with Crippen LogP contribution >= 0.6 is 0 Å². The van der Waals surface area contributed by atoms with Gasteiger partial charge in [-0.15, -0.1) is 0 Å². The van der Waals surface area contributed by atoms with Crippen molar-refractivity contribution in [3.05, 3.63) is 0 Å². The molecule has 0 aromatic carbocycles. The Bertz CT molecular complexity index is 349. The summed E-state index contributed by atoms with van der Waals surface area (Å²) < 4.78 is 9.92. The summed E-state index contributed by atoms with van der Waals surface area (Å²) in [6.07, 6.45) is -1.22. The van der Waals surface area contributed by atoms with E-state index >= 15 is 0 Å². The molecule has 1 heterocycles. The molecule has 0 saturated carbocycles. The second-order valence-corrected chi connectivity index (χ2v) is 5.71. The molecule has 0 unspecified atom stereocenters. The lowest BCUT2D eigenvalue weighted by atomic mass is 9.98. The zero-order chi connectivity index (χ0) is 14.1. The number of aliphatic hydroxyl groups excluding tert-OH is 1. The van der Waals surface area contributed by atoms with Gasteiger partial charge < -0.3 is 14.6 Å². The van der Waals surface area contributed by atoms with Crippen molar-refractivity contribution < 1.29 is 24.2 Å². The molecule has 1 N–H and O–H groups in total. The topological polar surface area (TPSA) is 76.1 Å². The highest BCUT2D eigenvalue weighted by atomic mass is 16.6. The van der Waals surface area contributed by atoms with Gasteiger partial charge in [-0.1, -0.05) is 0 Å². The van der Waals surface area contributed by atoms with Gasteiger partial charge in [-0.3, -0.25) is 4.90 Å². The Morgan fingerprint density at radius 3 is 2.39 bits per heavy atom. The molecule has 0 spiro atoms. The minimum absolute atomic E-state index is 0.0700. The smallest absolute Gasteiger partial charge is 0.411 e. The van der Waals surface area contributed by atoms with Crippen LogP contribution in [0, 0.1) is 0 Å². The number of nitrogens with zero attached hydrogens (tertiary/aromatic N) is 1. The van der Waals surface area contributed by atoms with E-state index in [0.29, 0.717) is 0 Å². The van der Waals surface area contributed by atoms with Gasteiger partial charge in [0.2, 0.25) is 0 Å². The zero-order valence-corrected chi connectivity index (χ0v) is 11.5. The largest absolute Gasteiger partial charge is 0.467 e. The Labute approximate surface area is 107 Å². The minimum atomic E-state index is -1.17. The third-order valence-electron chi connectivity index (χ3n) is 2.86. The maximum atomic E-state index is 12.0. The molecule has 0 aromatic heterocycles. The van der Waals surface area contributed by atoms with E-state index in [1.807, 2.05) is 0 Å². The first-order chi connectivity index (χ1) is 8.10. The first kappa shape index (κ1) is 14.8. The summed E-state index contributed by atoms with van der Waals surface area (Å²) in [7, 11) is 1.26. The third-order valence-corrected chi connectivity index (χ3v) is 2.86. The third kappa shape index (κ3) is 2.93. The van der Waals surface area contributed by atoms with E-state index in [9.17, 15) is 14.7 Å². The van der Waals surface area contributed by atoms with E-state index in [1.54, 1.807) is 27.7 Å². The fraction of sp³-hybridized carbons (Fsp3) is 0.833. The van der Waals surface area contributed by atoms with Gasteiger partial charge in [-0.2, -0.15) is 0 Å². The Balaban J connectivity index is 2.92. The number of hydrogen-bond donors (Lipinski definition) is 1. The lowest BCUT2D eigenvalue weighted by molar-refractivity contribution is -0.152. The molecule has 18 heavy (non-hydrogen) atoms. The first-order valence-electron chi connectivity index (χ1n) is 5.87. The molecule has 1 saturated heterocycles. The standard InChI is InChI=1S/C12H21NO5/c1-11(2,3)18-10(16)13-7-8(14)6-12(13,4)9(15)17-5/h8,14H,6-7H2,1-5H3/t8-,12+/m0/s1. The predicted octanol–water partition coefficient (Wildman–Crippen LogP) is 0.920. The van der Waals surface area contributed by atoms with Crippen LogP contribution in [0.4, 0.5) is 4.79 Å². The van der Waals surface area contributed by atoms with E-state index in [2.05, 4.69) is 0 Å². The number of esters is 1. The molecule has 0 bridgehead atoms. The van der Waals surface area contributed by atoms with Crippen LogP contribution < -0.4 is 0 Å². The molecule has 1 aliphatic heterocycles. The molecule has 1 rings (SSSR count). The normalized spacial score (nSPS) is 28.1. The number of rotatable bonds is 1. The van der Waals surface area contributed by atoms with Gasteiger partial charge in [0, 0.05) is 6.42 Å². The number of β-amino-alcohol motifs (C(OH)–C–C–N with tert-alkyl or cyclic N) is 1. The molecule has 1 amide bonds. The average molecular weight is 259 g/mol. The number of carbonyl (C=O) groups is 2. The predicted molar refractivity (Wildman–Crippen MR) is 64.0 cm³/mol. The van der Waals surface area contributed by atoms with Crippen LogP contribution in [0.5, 0.6) is 0 Å². The molecule has 1 fully saturated rings. The zero-order valence-electron chi connectivity index (χ0n) is 11.5. The van der Waals surface area contributed by atoms with Crippen LogP contribution in [0.15, 0.2) is 0 Å². The molecule has 104 valence electrons. The number of carbonyl (C=O) groups excluding carboxylic acids is 2. The van der Waals surface area contributed by atoms with Crippen LogP contribution in [0.25, 0.3) is 0 Å². The van der Waals surface area contributed by atoms with Gasteiger partial charge in [0.1, 0.15) is 11.1 Å². The Morgan fingerprint density at radius 2 is 1.94 bits per heavy atom. The van der Waals surface area contributed by atoms with Crippen LogP contribution in [0.2, 0.25) is 0 Å². The van der Waals surface area contributed by atoms with Gasteiger partial charge >= 0.3 is 12.1 Å². The summed E-state index contributed by atoms with van der Waals surface area (Å²) in [6.45, 7) is 6.87. The van der Waals surface area contributed by atoms with Crippen molar-refractivity contribution in [2.45, 2.75) is 51.4 Å². The summed E-state index contributed by atoms with van der Waals surface area (Å²) in [5, 5.41) is 9.67. The Kier molecular flexibility index (Phi) is 3.90. The maximum Gasteiger partial charge on any atom is 0.411 e. The summed E-state index contributed by atoms with van der Waals surface area (Å²) in [5.74, 6) is -0.551. The molecule has 0 radical (unpaired) electrons. The molecule has 6 nitrogen and oxygen atoms in total. The molecule has 1 aliphatic rings. The van der Waals surface area contributed by atoms with Crippen LogP contribution in [0.1, 0.15) is 34.1 Å². The number of hydrogen-bond acceptors (Lipinski definition) is 5. The first-order valence-corrected chi connectivity index (χ1v) is 5.87. The van der Waals surface area contributed by atoms with Crippen molar-refractivity contribution in [2.24, 2.45) is 0 Å². The van der Waals surface area contributed by atoms with E-state index in [4.69, 9.17) is 9.47 Å². The van der Waals surface area contributed by atoms with E-state index in [0.717, 1.165) is 0 Å². The summed E-state index contributed by atoms with van der Waals surface area (Å²) >= 11 is 0. The van der Waals surface area contributed by atoms with Crippen molar-refractivity contribution in [1.29, 1.82) is 0 Å². The summed E-state index contributed by atoms with van der Waals surface area (Å²) in [6, 6.07) is 0. The highest BCUT2D eigenvalue weighted by Crippen LogP contribution is 2.31. The fourth-order valence-electron chi connectivity index (χ4n) is 2.05. The maximum absolute atomic E-state index is 12.0. The van der Waals surface area contributed by atoms with Gasteiger partial charge in [0.05, 0.1) is 19.8 Å². The van der Waals surface area contributed by atoms with Gasteiger partial charge in [-0.25, -0.2) is 9.59 Å². The number of likely N-dealkylation sites (tertiary alicyclic amines) is 1. The van der Waals surface area contributed by atoms with E-state index in [1.165, 1.54) is 12.0 Å². The van der Waals surface area contributed by atoms with Crippen molar-refractivity contribution in [3.8, 4) is 0 Å². The Hall–Kier alpha value is -1.30. The number of methoxy groups -OCH3 is 1. The van der Waals surface area contributed by atoms with Gasteiger partial charge in [-0.05, 0) is 27.7 Å². The van der Waals surface area contributed by atoms with E-state index < -0.39 is 29.3 Å². The summed E-state index contributed by atoms with van der Waals surface area (Å²) in [4.78, 5) is 25.0. The second-order valence-electron chi connectivity index (χ2n) is 5.71. The minimum Gasteiger partial charge on any atom is -0.467 e. The van der Waals surface area contributed by atoms with Crippen molar-refractivity contribution in [2.75, 3.05) is 13.7 Å². The SMILES string of the molecule is COC(=O)[C@@]1(C)C[C@H](O)CN1C(=O)OC(C)(C)C. The van der Waals surface area contributed by atoms with Gasteiger partial charge in [0.25, 0.3) is 0 Å². The second kappa shape index (κ2) is 4.76. The highest BCUT2D eigenvalue weighted by molar-refractivity contribution is 5.86. The quantitative estimate of drug-likeness (QED) is 0.709.